The highest BCUT2D eigenvalue weighted by atomic mass is 19.1. The van der Waals surface area contributed by atoms with Gasteiger partial charge in [0.25, 0.3) is 0 Å². The van der Waals surface area contributed by atoms with Crippen molar-refractivity contribution < 1.29 is 28.3 Å². The van der Waals surface area contributed by atoms with E-state index in [9.17, 15) is 14.2 Å². The summed E-state index contributed by atoms with van der Waals surface area (Å²) in [6.45, 7) is 1.49. The first-order valence-corrected chi connectivity index (χ1v) is 7.58. The minimum absolute atomic E-state index is 0.255. The average molecular weight is 330 g/mol. The van der Waals surface area contributed by atoms with E-state index in [1.165, 1.54) is 12.1 Å². The third kappa shape index (κ3) is 3.27. The van der Waals surface area contributed by atoms with Crippen LogP contribution in [0.1, 0.15) is 28.4 Å². The van der Waals surface area contributed by atoms with E-state index in [-0.39, 0.29) is 17.7 Å². The molecule has 0 bridgehead atoms. The fraction of sp³-hybridized carbons (Fsp3) is 0.235. The Morgan fingerprint density at radius 3 is 2.92 bits per heavy atom. The first-order chi connectivity index (χ1) is 11.6. The van der Waals surface area contributed by atoms with E-state index >= 15 is 0 Å². The summed E-state index contributed by atoms with van der Waals surface area (Å²) >= 11 is 0. The summed E-state index contributed by atoms with van der Waals surface area (Å²) in [5.41, 5.74) is 2.07. The topological polar surface area (TPSA) is 65.0 Å². The molecule has 24 heavy (non-hydrogen) atoms. The molecule has 0 aromatic heterocycles. The van der Waals surface area contributed by atoms with Gasteiger partial charge in [-0.05, 0) is 48.3 Å². The van der Waals surface area contributed by atoms with Crippen molar-refractivity contribution >= 4 is 18.6 Å². The standard InChI is InChI=1S/C17H16BFO5/c1-2-22-17(20)11-3-6-16(12(7-11)9-19)24-14-4-5-15-13(8-14)10-23-18(15)21/h3-8,21H,2,9-10H2,1H3. The highest BCUT2D eigenvalue weighted by Crippen LogP contribution is 2.28. The quantitative estimate of drug-likeness (QED) is 0.673. The van der Waals surface area contributed by atoms with E-state index in [4.69, 9.17) is 14.1 Å². The maximum Gasteiger partial charge on any atom is 0.491 e. The van der Waals surface area contributed by atoms with Crippen LogP contribution in [0.5, 0.6) is 11.5 Å². The molecule has 0 spiro atoms. The first kappa shape index (κ1) is 16.5. The Kier molecular flexibility index (Phi) is 4.82. The Labute approximate surface area is 139 Å². The Morgan fingerprint density at radius 2 is 2.17 bits per heavy atom. The van der Waals surface area contributed by atoms with Crippen molar-refractivity contribution in [3.8, 4) is 11.5 Å². The molecule has 3 rings (SSSR count). The summed E-state index contributed by atoms with van der Waals surface area (Å²) < 4.78 is 29.1. The second-order valence-electron chi connectivity index (χ2n) is 5.30. The molecule has 5 nitrogen and oxygen atoms in total. The Morgan fingerprint density at radius 1 is 1.33 bits per heavy atom. The van der Waals surface area contributed by atoms with Gasteiger partial charge in [-0.15, -0.1) is 0 Å². The lowest BCUT2D eigenvalue weighted by atomic mass is 9.80. The molecular weight excluding hydrogens is 314 g/mol. The fourth-order valence-electron chi connectivity index (χ4n) is 2.52. The van der Waals surface area contributed by atoms with Gasteiger partial charge in [0, 0.05) is 5.56 Å². The van der Waals surface area contributed by atoms with Gasteiger partial charge >= 0.3 is 13.1 Å². The SMILES string of the molecule is CCOC(=O)c1ccc(Oc2ccc3c(c2)COB3O)c(CF)c1. The number of esters is 1. The van der Waals surface area contributed by atoms with Crippen LogP contribution in [-0.2, 0) is 22.7 Å². The molecule has 1 aliphatic heterocycles. The number of halogens is 1. The van der Waals surface area contributed by atoms with E-state index in [1.54, 1.807) is 31.2 Å². The van der Waals surface area contributed by atoms with Crippen LogP contribution in [0.4, 0.5) is 4.39 Å². The molecule has 0 atom stereocenters. The fourth-order valence-corrected chi connectivity index (χ4v) is 2.52. The lowest BCUT2D eigenvalue weighted by Gasteiger charge is -2.12. The Balaban J connectivity index is 1.83. The van der Waals surface area contributed by atoms with E-state index in [0.717, 1.165) is 5.56 Å². The highest BCUT2D eigenvalue weighted by molar-refractivity contribution is 6.61. The normalized spacial score (nSPS) is 12.9. The molecule has 0 radical (unpaired) electrons. The summed E-state index contributed by atoms with van der Waals surface area (Å²) in [6, 6.07) is 9.63. The van der Waals surface area contributed by atoms with E-state index in [2.05, 4.69) is 0 Å². The Hall–Kier alpha value is -2.38. The molecule has 2 aromatic carbocycles. The van der Waals surface area contributed by atoms with Crippen molar-refractivity contribution in [1.29, 1.82) is 0 Å². The molecule has 0 amide bonds. The molecule has 7 heteroatoms. The molecule has 0 fully saturated rings. The molecule has 0 unspecified atom stereocenters. The number of benzene rings is 2. The highest BCUT2D eigenvalue weighted by Gasteiger charge is 2.27. The molecule has 0 saturated heterocycles. The van der Waals surface area contributed by atoms with Gasteiger partial charge in [0.1, 0.15) is 18.2 Å². The molecular formula is C17H16BFO5. The maximum absolute atomic E-state index is 13.3. The van der Waals surface area contributed by atoms with Gasteiger partial charge in [-0.3, -0.25) is 0 Å². The predicted octanol–water partition coefficient (Wildman–Crippen LogP) is 2.34. The summed E-state index contributed by atoms with van der Waals surface area (Å²) in [4.78, 5) is 11.7. The monoisotopic (exact) mass is 330 g/mol. The van der Waals surface area contributed by atoms with E-state index in [0.29, 0.717) is 23.6 Å². The lowest BCUT2D eigenvalue weighted by molar-refractivity contribution is 0.0526. The number of fused-ring (bicyclic) bond motifs is 1. The second kappa shape index (κ2) is 7.03. The summed E-state index contributed by atoms with van der Waals surface area (Å²) in [7, 11) is -0.917. The van der Waals surface area contributed by atoms with Crippen LogP contribution in [0.3, 0.4) is 0 Å². The molecule has 1 N–H and O–H groups in total. The number of ether oxygens (including phenoxy) is 2. The van der Waals surface area contributed by atoms with Crippen molar-refractivity contribution in [2.24, 2.45) is 0 Å². The first-order valence-electron chi connectivity index (χ1n) is 7.58. The van der Waals surface area contributed by atoms with Gasteiger partial charge in [-0.25, -0.2) is 9.18 Å². The molecule has 124 valence electrons. The minimum Gasteiger partial charge on any atom is -0.462 e. The molecule has 1 aliphatic rings. The molecule has 0 aliphatic carbocycles. The second-order valence-corrected chi connectivity index (χ2v) is 5.30. The van der Waals surface area contributed by atoms with Crippen LogP contribution in [-0.4, -0.2) is 24.7 Å². The van der Waals surface area contributed by atoms with Gasteiger partial charge in [0.15, 0.2) is 0 Å². The summed E-state index contributed by atoms with van der Waals surface area (Å²) in [5.74, 6) is 0.331. The van der Waals surface area contributed by atoms with Crippen LogP contribution in [0.2, 0.25) is 0 Å². The number of alkyl halides is 1. The van der Waals surface area contributed by atoms with Crippen molar-refractivity contribution in [2.75, 3.05) is 6.61 Å². The number of hydrogen-bond acceptors (Lipinski definition) is 5. The van der Waals surface area contributed by atoms with Gasteiger partial charge in [-0.2, -0.15) is 0 Å². The van der Waals surface area contributed by atoms with Crippen LogP contribution >= 0.6 is 0 Å². The number of carbonyl (C=O) groups is 1. The minimum atomic E-state index is -0.917. The number of rotatable bonds is 5. The molecule has 2 aromatic rings. The van der Waals surface area contributed by atoms with Gasteiger partial charge in [-0.1, -0.05) is 6.07 Å². The van der Waals surface area contributed by atoms with E-state index in [1.807, 2.05) is 0 Å². The smallest absolute Gasteiger partial charge is 0.462 e. The zero-order chi connectivity index (χ0) is 17.1. The zero-order valence-corrected chi connectivity index (χ0v) is 13.1. The van der Waals surface area contributed by atoms with Gasteiger partial charge in [0.05, 0.1) is 18.8 Å². The van der Waals surface area contributed by atoms with Crippen LogP contribution in [0, 0.1) is 0 Å². The summed E-state index contributed by atoms with van der Waals surface area (Å²) in [6.07, 6.45) is 0. The van der Waals surface area contributed by atoms with Gasteiger partial charge in [0.2, 0.25) is 0 Å². The maximum atomic E-state index is 13.3. The molecule has 1 heterocycles. The van der Waals surface area contributed by atoms with Crippen molar-refractivity contribution in [1.82, 2.24) is 0 Å². The third-order valence-electron chi connectivity index (χ3n) is 3.72. The molecule has 0 saturated carbocycles. The van der Waals surface area contributed by atoms with Crippen LogP contribution in [0.25, 0.3) is 0 Å². The third-order valence-corrected chi connectivity index (χ3v) is 3.72. The predicted molar refractivity (Wildman–Crippen MR) is 86.1 cm³/mol. The van der Waals surface area contributed by atoms with Gasteiger partial charge < -0.3 is 19.2 Å². The van der Waals surface area contributed by atoms with Crippen molar-refractivity contribution in [3.05, 3.63) is 53.1 Å². The van der Waals surface area contributed by atoms with Crippen LogP contribution < -0.4 is 10.2 Å². The largest absolute Gasteiger partial charge is 0.491 e. The lowest BCUT2D eigenvalue weighted by Crippen LogP contribution is -2.27. The zero-order valence-electron chi connectivity index (χ0n) is 13.1. The van der Waals surface area contributed by atoms with E-state index < -0.39 is 19.8 Å². The van der Waals surface area contributed by atoms with Crippen molar-refractivity contribution in [2.45, 2.75) is 20.2 Å². The Bertz CT molecular complexity index is 765. The summed E-state index contributed by atoms with van der Waals surface area (Å²) in [5, 5.41) is 9.61. The van der Waals surface area contributed by atoms with Crippen LogP contribution in [0.15, 0.2) is 36.4 Å². The number of hydrogen-bond donors (Lipinski definition) is 1. The average Bonchev–Trinajstić information content (AvgIpc) is 2.96. The van der Waals surface area contributed by atoms with Crippen molar-refractivity contribution in [3.63, 3.8) is 0 Å². The number of carbonyl (C=O) groups excluding carboxylic acids is 1.